The Morgan fingerprint density at radius 2 is 1.43 bits per heavy atom. The highest BCUT2D eigenvalue weighted by Gasteiger charge is 2.55. The molecule has 5 fully saturated rings. The third-order valence-corrected chi connectivity index (χ3v) is 9.25. The van der Waals surface area contributed by atoms with Crippen LogP contribution >= 0.6 is 23.2 Å². The number of ether oxygens (including phenoxy) is 2. The van der Waals surface area contributed by atoms with Gasteiger partial charge in [0.15, 0.2) is 0 Å². The number of halogens is 4. The monoisotopic (exact) mass is 540 g/mol. The molecule has 0 aromatic carbocycles. The number of fused-ring (bicyclic) bond motifs is 3. The Bertz CT molecular complexity index is 770. The molecule has 0 aromatic rings. The van der Waals surface area contributed by atoms with Gasteiger partial charge in [-0.15, -0.1) is 23.2 Å². The maximum atomic E-state index is 13.8. The van der Waals surface area contributed by atoms with Crippen molar-refractivity contribution in [3.63, 3.8) is 0 Å². The Morgan fingerprint density at radius 1 is 0.829 bits per heavy atom. The van der Waals surface area contributed by atoms with Crippen molar-refractivity contribution in [2.75, 3.05) is 13.2 Å². The Morgan fingerprint density at radius 3 is 2.03 bits per heavy atom. The predicted molar refractivity (Wildman–Crippen MR) is 127 cm³/mol. The first-order valence-corrected chi connectivity index (χ1v) is 13.6. The van der Waals surface area contributed by atoms with Crippen molar-refractivity contribution in [3.05, 3.63) is 0 Å². The highest BCUT2D eigenvalue weighted by atomic mass is 35.5. The minimum absolute atomic E-state index is 0.131. The average Bonchev–Trinajstić information content (AvgIpc) is 2.82. The smallest absolute Gasteiger partial charge is 0.246 e. The minimum Gasteiger partial charge on any atom is -0.391 e. The Hall–Kier alpha value is -0.740. The lowest BCUT2D eigenvalue weighted by molar-refractivity contribution is -0.142. The molecule has 0 saturated heterocycles. The summed E-state index contributed by atoms with van der Waals surface area (Å²) in [6.45, 7) is -0.320. The molecule has 5 rings (SSSR count). The molecule has 5 aliphatic rings. The number of alkyl halides is 4. The van der Waals surface area contributed by atoms with Crippen LogP contribution in [-0.4, -0.2) is 82.6 Å². The van der Waals surface area contributed by atoms with Gasteiger partial charge in [0.05, 0.1) is 34.6 Å². The van der Waals surface area contributed by atoms with Crippen molar-refractivity contribution < 1.29 is 33.0 Å². The zero-order valence-corrected chi connectivity index (χ0v) is 21.3. The highest BCUT2D eigenvalue weighted by Crippen LogP contribution is 2.47. The minimum atomic E-state index is -1.13. The molecule has 35 heavy (non-hydrogen) atoms. The molecule has 0 aliphatic heterocycles. The molecule has 0 spiro atoms. The molecule has 0 radical (unpaired) electrons. The van der Waals surface area contributed by atoms with Gasteiger partial charge in [-0.2, -0.15) is 0 Å². The summed E-state index contributed by atoms with van der Waals surface area (Å²) < 4.78 is 38.6. The normalized spacial score (nSPS) is 43.5. The molecule has 11 heteroatoms. The third-order valence-electron chi connectivity index (χ3n) is 8.30. The van der Waals surface area contributed by atoms with Gasteiger partial charge in [0, 0.05) is 12.0 Å². The first-order valence-electron chi connectivity index (χ1n) is 12.7. The van der Waals surface area contributed by atoms with Crippen LogP contribution in [0.2, 0.25) is 0 Å². The van der Waals surface area contributed by atoms with Gasteiger partial charge in [0.1, 0.15) is 25.6 Å². The van der Waals surface area contributed by atoms with Crippen molar-refractivity contribution in [3.8, 4) is 0 Å². The van der Waals surface area contributed by atoms with Crippen LogP contribution in [0.5, 0.6) is 0 Å². The molecule has 7 atom stereocenters. The molecule has 0 heterocycles. The van der Waals surface area contributed by atoms with Gasteiger partial charge in [-0.25, -0.2) is 8.78 Å². The van der Waals surface area contributed by atoms with Crippen LogP contribution in [0, 0.1) is 0 Å². The second kappa shape index (κ2) is 11.3. The topological polar surface area (TPSA) is 96.9 Å². The quantitative estimate of drug-likeness (QED) is 0.411. The summed E-state index contributed by atoms with van der Waals surface area (Å²) in [5.74, 6) is -0.602. The van der Waals surface area contributed by atoms with E-state index < -0.39 is 40.3 Å². The van der Waals surface area contributed by atoms with Crippen LogP contribution in [0.25, 0.3) is 0 Å². The second-order valence-corrected chi connectivity index (χ2v) is 11.9. The molecule has 2 amide bonds. The van der Waals surface area contributed by atoms with Gasteiger partial charge in [-0.3, -0.25) is 9.59 Å². The van der Waals surface area contributed by atoms with Crippen LogP contribution < -0.4 is 10.6 Å². The SMILES string of the molecule is O=C(COC1CCC(F)C(Cl)C1)NC12CCC(NC(=O)COC3CCC(Cl)C(F)C3)(CC1)[C@@H](O)C2. The van der Waals surface area contributed by atoms with Crippen LogP contribution in [0.3, 0.4) is 0 Å². The van der Waals surface area contributed by atoms with E-state index in [2.05, 4.69) is 10.6 Å². The summed E-state index contributed by atoms with van der Waals surface area (Å²) >= 11 is 11.9. The van der Waals surface area contributed by atoms with E-state index in [4.69, 9.17) is 32.7 Å². The molecule has 5 aliphatic carbocycles. The second-order valence-electron chi connectivity index (χ2n) is 10.8. The van der Waals surface area contributed by atoms with Crippen molar-refractivity contribution in [1.82, 2.24) is 10.6 Å². The molecule has 6 unspecified atom stereocenters. The predicted octanol–water partition coefficient (Wildman–Crippen LogP) is 3.06. The van der Waals surface area contributed by atoms with E-state index in [1.165, 1.54) is 0 Å². The maximum Gasteiger partial charge on any atom is 0.246 e. The number of amides is 2. The molecule has 0 aromatic heterocycles. The lowest BCUT2D eigenvalue weighted by atomic mass is 9.60. The number of carbonyl (C=O) groups excluding carboxylic acids is 2. The Labute approximate surface area is 214 Å². The van der Waals surface area contributed by atoms with Crippen LogP contribution in [-0.2, 0) is 19.1 Å². The summed E-state index contributed by atoms with van der Waals surface area (Å²) in [4.78, 5) is 25.2. The number of hydrogen-bond donors (Lipinski definition) is 3. The van der Waals surface area contributed by atoms with Crippen molar-refractivity contribution in [2.24, 2.45) is 0 Å². The van der Waals surface area contributed by atoms with Crippen molar-refractivity contribution in [2.45, 2.75) is 123 Å². The first-order chi connectivity index (χ1) is 16.6. The summed E-state index contributed by atoms with van der Waals surface area (Å²) in [7, 11) is 0. The van der Waals surface area contributed by atoms with Crippen molar-refractivity contribution >= 4 is 35.0 Å². The molecule has 7 nitrogen and oxygen atoms in total. The van der Waals surface area contributed by atoms with E-state index in [1.807, 2.05) is 0 Å². The van der Waals surface area contributed by atoms with Crippen LogP contribution in [0.4, 0.5) is 8.78 Å². The fourth-order valence-corrected chi connectivity index (χ4v) is 6.64. The first kappa shape index (κ1) is 27.3. The highest BCUT2D eigenvalue weighted by molar-refractivity contribution is 6.21. The number of rotatable bonds is 8. The van der Waals surface area contributed by atoms with Crippen LogP contribution in [0.1, 0.15) is 70.6 Å². The molecular weight excluding hydrogens is 505 g/mol. The molecular formula is C24H36Cl2F2N2O5. The van der Waals surface area contributed by atoms with Gasteiger partial charge in [0.25, 0.3) is 0 Å². The fourth-order valence-electron chi connectivity index (χ4n) is 6.08. The molecule has 200 valence electrons. The molecule has 2 bridgehead atoms. The average molecular weight is 541 g/mol. The number of aliphatic hydroxyl groups is 1. The van der Waals surface area contributed by atoms with Crippen LogP contribution in [0.15, 0.2) is 0 Å². The maximum absolute atomic E-state index is 13.8. The van der Waals surface area contributed by atoms with E-state index in [9.17, 15) is 23.5 Å². The zero-order valence-electron chi connectivity index (χ0n) is 19.8. The van der Waals surface area contributed by atoms with E-state index in [1.54, 1.807) is 0 Å². The van der Waals surface area contributed by atoms with E-state index in [-0.39, 0.29) is 43.7 Å². The van der Waals surface area contributed by atoms with Gasteiger partial charge in [0.2, 0.25) is 11.8 Å². The number of hydrogen-bond acceptors (Lipinski definition) is 5. The van der Waals surface area contributed by atoms with E-state index in [0.717, 1.165) is 0 Å². The van der Waals surface area contributed by atoms with Gasteiger partial charge >= 0.3 is 0 Å². The lowest BCUT2D eigenvalue weighted by Gasteiger charge is -2.56. The summed E-state index contributed by atoms with van der Waals surface area (Å²) in [5.41, 5.74) is -1.29. The van der Waals surface area contributed by atoms with Crippen molar-refractivity contribution in [1.29, 1.82) is 0 Å². The third kappa shape index (κ3) is 6.58. The Kier molecular flexibility index (Phi) is 8.84. The number of aliphatic hydroxyl groups excluding tert-OH is 1. The molecule has 5 saturated carbocycles. The standard InChI is InChI=1S/C24H36Cl2F2N2O5/c25-16-3-1-15(10-19(16)28)35-13-22(33)30-24-7-5-23(6-8-24,11-20(24)31)29-21(32)12-34-14-2-4-18(27)17(26)9-14/h14-20,31H,1-13H2,(H,29,32)(H,30,33)/t14?,15?,16?,17?,18?,19?,20-,23?,24?/m0/s1. The van der Waals surface area contributed by atoms with E-state index in [0.29, 0.717) is 64.2 Å². The number of carbonyl (C=O) groups is 2. The summed E-state index contributed by atoms with van der Waals surface area (Å²) in [6, 6.07) is 0. The van der Waals surface area contributed by atoms with Gasteiger partial charge in [-0.1, -0.05) is 0 Å². The van der Waals surface area contributed by atoms with E-state index >= 15 is 0 Å². The van der Waals surface area contributed by atoms with Gasteiger partial charge < -0.3 is 25.2 Å². The lowest BCUT2D eigenvalue weighted by Crippen LogP contribution is -2.70. The molecule has 3 N–H and O–H groups in total. The largest absolute Gasteiger partial charge is 0.391 e. The number of nitrogens with one attached hydrogen (secondary N) is 2. The van der Waals surface area contributed by atoms with Gasteiger partial charge in [-0.05, 0) is 64.2 Å². The zero-order chi connectivity index (χ0) is 25.2. The summed E-state index contributed by atoms with van der Waals surface area (Å²) in [5, 5.41) is 15.8. The fraction of sp³-hybridized carbons (Fsp3) is 0.917. The summed E-state index contributed by atoms with van der Waals surface area (Å²) in [6.07, 6.45) is 1.66. The Balaban J connectivity index is 1.20.